The molecule has 2 heterocycles. The summed E-state index contributed by atoms with van der Waals surface area (Å²) in [6.07, 6.45) is -10.4. The lowest BCUT2D eigenvalue weighted by Gasteiger charge is -2.72. The Balaban J connectivity index is 1.15. The van der Waals surface area contributed by atoms with E-state index in [2.05, 4.69) is 46.8 Å². The average molecular weight is 813 g/mol. The third kappa shape index (κ3) is 6.35. The maximum Gasteiger partial charge on any atom is 0.314 e. The van der Waals surface area contributed by atoms with E-state index in [-0.39, 0.29) is 34.0 Å². The molecule has 6 fully saturated rings. The standard InChI is InChI=1S/C42H68O15/c1-37(2)12-14-42(36(53)57-35-31(50)29(48)27(46)22(56-35)18-54-34-30(49)28(47)26(45)21(17-43)55-34)15-13-40(6)19(25(42)33(37)52)8-9-24-39(5)16-20(44)32(51)38(3,4)23(39)10-11-41(24,40)7/h8-9,19-35,43-52H,10-18H2,1-7H3/t19-,20+,21+,22-,23+,24-,25+,26-,27-,28+,29-,30+,31-,32+,33-,34+,35-,39-,40+,41-,42-/m1/s1. The van der Waals surface area contributed by atoms with Gasteiger partial charge in [0.25, 0.3) is 0 Å². The first kappa shape index (κ1) is 43.8. The fourth-order valence-electron chi connectivity index (χ4n) is 13.6. The summed E-state index contributed by atoms with van der Waals surface area (Å²) < 4.78 is 22.9. The number of hydrogen-bond donors (Lipinski definition) is 10. The van der Waals surface area contributed by atoms with Crippen molar-refractivity contribution >= 4 is 5.97 Å². The predicted octanol–water partition coefficient (Wildman–Crippen LogP) is 0.114. The van der Waals surface area contributed by atoms with E-state index in [0.717, 1.165) is 12.8 Å². The number of aliphatic hydroxyl groups excluding tert-OH is 10. The Kier molecular flexibility index (Phi) is 11.3. The first-order valence-corrected chi connectivity index (χ1v) is 21.0. The Morgan fingerprint density at radius 2 is 1.28 bits per heavy atom. The number of ether oxygens (including phenoxy) is 4. The smallest absolute Gasteiger partial charge is 0.314 e. The highest BCUT2D eigenvalue weighted by Gasteiger charge is 2.72. The highest BCUT2D eigenvalue weighted by Crippen LogP contribution is 2.75. The van der Waals surface area contributed by atoms with Gasteiger partial charge in [0.1, 0.15) is 48.8 Å². The molecule has 4 saturated carbocycles. The van der Waals surface area contributed by atoms with Crippen LogP contribution in [0.4, 0.5) is 0 Å². The van der Waals surface area contributed by atoms with Crippen LogP contribution in [0.15, 0.2) is 12.2 Å². The van der Waals surface area contributed by atoms with Crippen molar-refractivity contribution in [2.24, 2.45) is 56.2 Å². The Labute approximate surface area is 335 Å². The van der Waals surface area contributed by atoms with Crippen LogP contribution < -0.4 is 0 Å². The SMILES string of the molecule is CC1(C)CC[C@@]2(C(=O)O[C@H]3O[C@H](CO[C@H]4O[C@@H](CO)[C@@H](O)[C@H](O)[C@@H]4O)[C@@H](O)[C@@H](O)[C@H]3O)CC[C@@]3(C)[C@H](C=C[C@@H]4[C@]5(C)C[C@H](O)[C@H](O)C(C)(C)[C@@H]5CC[C@]43C)[C@H]2[C@H]1O. The molecule has 0 aromatic carbocycles. The monoisotopic (exact) mass is 812 g/mol. The molecule has 10 N–H and O–H groups in total. The molecule has 0 bridgehead atoms. The lowest BCUT2D eigenvalue weighted by molar-refractivity contribution is -0.329. The van der Waals surface area contributed by atoms with Crippen molar-refractivity contribution < 1.29 is 74.8 Å². The van der Waals surface area contributed by atoms with Gasteiger partial charge >= 0.3 is 5.97 Å². The molecule has 0 unspecified atom stereocenters. The van der Waals surface area contributed by atoms with E-state index in [1.807, 2.05) is 13.8 Å². The summed E-state index contributed by atoms with van der Waals surface area (Å²) >= 11 is 0. The number of esters is 1. The summed E-state index contributed by atoms with van der Waals surface area (Å²) in [5.41, 5.74) is -3.17. The van der Waals surface area contributed by atoms with Crippen LogP contribution in [0, 0.1) is 56.2 Å². The summed E-state index contributed by atoms with van der Waals surface area (Å²) in [6.45, 7) is 13.8. The zero-order chi connectivity index (χ0) is 42.0. The number of aliphatic hydroxyl groups is 10. The van der Waals surface area contributed by atoms with Crippen molar-refractivity contribution in [2.75, 3.05) is 13.2 Å². The molecule has 2 saturated heterocycles. The molecule has 21 atom stereocenters. The maximum absolute atomic E-state index is 14.8. The molecule has 0 aromatic rings. The van der Waals surface area contributed by atoms with Gasteiger partial charge in [0.05, 0.1) is 36.9 Å². The molecule has 5 aliphatic carbocycles. The largest absolute Gasteiger partial charge is 0.432 e. The van der Waals surface area contributed by atoms with E-state index in [4.69, 9.17) is 18.9 Å². The van der Waals surface area contributed by atoms with Gasteiger partial charge in [-0.05, 0) is 89.8 Å². The fourth-order valence-corrected chi connectivity index (χ4v) is 13.6. The van der Waals surface area contributed by atoms with Gasteiger partial charge in [0, 0.05) is 5.92 Å². The molecular weight excluding hydrogens is 744 g/mol. The van der Waals surface area contributed by atoms with Crippen molar-refractivity contribution in [3.05, 3.63) is 12.2 Å². The number of carbonyl (C=O) groups excluding carboxylic acids is 1. The van der Waals surface area contributed by atoms with E-state index in [9.17, 15) is 55.9 Å². The molecule has 15 nitrogen and oxygen atoms in total. The molecule has 15 heteroatoms. The lowest BCUT2D eigenvalue weighted by Crippen LogP contribution is -2.69. The van der Waals surface area contributed by atoms with Crippen LogP contribution in [-0.2, 0) is 23.7 Å². The van der Waals surface area contributed by atoms with Gasteiger partial charge < -0.3 is 70.0 Å². The molecule has 57 heavy (non-hydrogen) atoms. The normalized spacial score (nSPS) is 55.4. The molecule has 0 radical (unpaired) electrons. The lowest BCUT2D eigenvalue weighted by atomic mass is 9.32. The average Bonchev–Trinajstić information content (AvgIpc) is 3.15. The number of carbonyl (C=O) groups is 1. The van der Waals surface area contributed by atoms with Crippen molar-refractivity contribution in [1.29, 1.82) is 0 Å². The summed E-state index contributed by atoms with van der Waals surface area (Å²) in [6, 6.07) is 0. The van der Waals surface area contributed by atoms with E-state index in [0.29, 0.717) is 32.1 Å². The molecule has 0 amide bonds. The van der Waals surface area contributed by atoms with Crippen molar-refractivity contribution in [3.63, 3.8) is 0 Å². The molecule has 2 aliphatic heterocycles. The Bertz CT molecular complexity index is 1540. The molecule has 7 rings (SSSR count). The van der Waals surface area contributed by atoms with Crippen LogP contribution in [0.5, 0.6) is 0 Å². The van der Waals surface area contributed by atoms with E-state index < -0.39 is 121 Å². The zero-order valence-electron chi connectivity index (χ0n) is 34.3. The van der Waals surface area contributed by atoms with Gasteiger partial charge in [0.15, 0.2) is 6.29 Å². The highest BCUT2D eigenvalue weighted by molar-refractivity contribution is 5.78. The van der Waals surface area contributed by atoms with Crippen LogP contribution in [0.2, 0.25) is 0 Å². The predicted molar refractivity (Wildman–Crippen MR) is 200 cm³/mol. The number of fused-ring (bicyclic) bond motifs is 7. The molecule has 326 valence electrons. The van der Waals surface area contributed by atoms with Crippen LogP contribution in [-0.4, -0.2) is 150 Å². The second-order valence-corrected chi connectivity index (χ2v) is 20.9. The third-order valence-electron chi connectivity index (χ3n) is 17.4. The number of allylic oxidation sites excluding steroid dienone is 2. The van der Waals surface area contributed by atoms with Crippen molar-refractivity contribution in [2.45, 2.75) is 173 Å². The van der Waals surface area contributed by atoms with Gasteiger partial charge in [-0.2, -0.15) is 0 Å². The minimum Gasteiger partial charge on any atom is -0.432 e. The first-order valence-electron chi connectivity index (χ1n) is 21.0. The highest BCUT2D eigenvalue weighted by atomic mass is 16.7. The van der Waals surface area contributed by atoms with Crippen molar-refractivity contribution in [3.8, 4) is 0 Å². The summed E-state index contributed by atoms with van der Waals surface area (Å²) in [5, 5.41) is 108. The Hall–Kier alpha value is -1.31. The van der Waals surface area contributed by atoms with Crippen molar-refractivity contribution in [1.82, 2.24) is 0 Å². The second kappa shape index (κ2) is 14.7. The summed E-state index contributed by atoms with van der Waals surface area (Å²) in [4.78, 5) is 14.8. The summed E-state index contributed by atoms with van der Waals surface area (Å²) in [7, 11) is 0. The molecule has 0 aromatic heterocycles. The van der Waals surface area contributed by atoms with Gasteiger partial charge in [-0.3, -0.25) is 4.79 Å². The quantitative estimate of drug-likeness (QED) is 0.126. The van der Waals surface area contributed by atoms with E-state index >= 15 is 0 Å². The van der Waals surface area contributed by atoms with Gasteiger partial charge in [0.2, 0.25) is 6.29 Å². The van der Waals surface area contributed by atoms with Crippen LogP contribution in [0.1, 0.15) is 93.4 Å². The summed E-state index contributed by atoms with van der Waals surface area (Å²) in [5.74, 6) is -1.27. The Morgan fingerprint density at radius 3 is 1.93 bits per heavy atom. The van der Waals surface area contributed by atoms with Gasteiger partial charge in [-0.1, -0.05) is 60.6 Å². The molecule has 7 aliphatic rings. The second-order valence-electron chi connectivity index (χ2n) is 20.9. The number of hydrogen-bond acceptors (Lipinski definition) is 15. The maximum atomic E-state index is 14.8. The Morgan fingerprint density at radius 1 is 0.684 bits per heavy atom. The van der Waals surface area contributed by atoms with Crippen LogP contribution in [0.25, 0.3) is 0 Å². The molecular formula is C42H68O15. The fraction of sp³-hybridized carbons (Fsp3) is 0.929. The van der Waals surface area contributed by atoms with E-state index in [1.54, 1.807) is 0 Å². The molecule has 0 spiro atoms. The minimum absolute atomic E-state index is 0.0699. The third-order valence-corrected chi connectivity index (χ3v) is 17.4. The van der Waals surface area contributed by atoms with Gasteiger partial charge in [-0.25, -0.2) is 0 Å². The van der Waals surface area contributed by atoms with Gasteiger partial charge in [-0.15, -0.1) is 0 Å². The van der Waals surface area contributed by atoms with Crippen LogP contribution in [0.3, 0.4) is 0 Å². The first-order chi connectivity index (χ1) is 26.4. The zero-order valence-corrected chi connectivity index (χ0v) is 34.3. The minimum atomic E-state index is -1.85. The van der Waals surface area contributed by atoms with Crippen LogP contribution >= 0.6 is 0 Å². The van der Waals surface area contributed by atoms with E-state index in [1.165, 1.54) is 0 Å². The topological polar surface area (TPSA) is 256 Å². The number of rotatable bonds is 6.